The van der Waals surface area contributed by atoms with Gasteiger partial charge in [-0.1, -0.05) is 6.92 Å². The minimum Gasteiger partial charge on any atom is -0.337 e. The number of thiazole rings is 1. The minimum absolute atomic E-state index is 0.0485. The lowest BCUT2D eigenvalue weighted by Crippen LogP contribution is -2.45. The number of nitrogens with one attached hydrogen (secondary N) is 2. The average molecular weight is 299 g/mol. The van der Waals surface area contributed by atoms with Crippen molar-refractivity contribution in [2.45, 2.75) is 38.6 Å². The summed E-state index contributed by atoms with van der Waals surface area (Å²) in [5, 5.41) is 9.12. The van der Waals surface area contributed by atoms with Gasteiger partial charge in [0.15, 0.2) is 0 Å². The Morgan fingerprint density at radius 1 is 1.63 bits per heavy atom. The van der Waals surface area contributed by atoms with Crippen LogP contribution in [0.15, 0.2) is 5.38 Å². The maximum atomic E-state index is 11.8. The first-order valence-corrected chi connectivity index (χ1v) is 8.72. The zero-order valence-corrected chi connectivity index (χ0v) is 13.1. The molecule has 2 amide bonds. The van der Waals surface area contributed by atoms with Crippen LogP contribution in [0.3, 0.4) is 0 Å². The van der Waals surface area contributed by atoms with E-state index >= 15 is 0 Å². The van der Waals surface area contributed by atoms with Crippen molar-refractivity contribution in [3.05, 3.63) is 16.1 Å². The zero-order valence-electron chi connectivity index (χ0n) is 11.4. The van der Waals surface area contributed by atoms with Gasteiger partial charge in [0.25, 0.3) is 0 Å². The SMILES string of the molecule is Cc1csc(C(C)CNC(=O)NC2CCCSC2)n1. The van der Waals surface area contributed by atoms with Crippen molar-refractivity contribution in [1.82, 2.24) is 15.6 Å². The summed E-state index contributed by atoms with van der Waals surface area (Å²) in [5.41, 5.74) is 1.05. The molecule has 6 heteroatoms. The Balaban J connectivity index is 1.70. The lowest BCUT2D eigenvalue weighted by molar-refractivity contribution is 0.236. The summed E-state index contributed by atoms with van der Waals surface area (Å²) in [7, 11) is 0. The van der Waals surface area contributed by atoms with Gasteiger partial charge in [0.05, 0.1) is 5.01 Å². The molecular weight excluding hydrogens is 278 g/mol. The standard InChI is InChI=1S/C13H21N3OS2/c1-9(12-15-10(2)7-19-12)6-14-13(17)16-11-4-3-5-18-8-11/h7,9,11H,3-6,8H2,1-2H3,(H2,14,16,17). The van der Waals surface area contributed by atoms with Gasteiger partial charge < -0.3 is 10.6 Å². The Hall–Kier alpha value is -0.750. The molecule has 1 aliphatic rings. The molecule has 2 atom stereocenters. The monoisotopic (exact) mass is 299 g/mol. The first kappa shape index (κ1) is 14.7. The van der Waals surface area contributed by atoms with Crippen molar-refractivity contribution in [1.29, 1.82) is 0 Å². The molecule has 0 aliphatic carbocycles. The molecule has 1 aromatic heterocycles. The molecule has 2 heterocycles. The normalized spacial score (nSPS) is 20.8. The Morgan fingerprint density at radius 2 is 2.47 bits per heavy atom. The molecule has 1 saturated heterocycles. The van der Waals surface area contributed by atoms with Crippen LogP contribution >= 0.6 is 23.1 Å². The van der Waals surface area contributed by atoms with Gasteiger partial charge in [-0.3, -0.25) is 0 Å². The van der Waals surface area contributed by atoms with Crippen molar-refractivity contribution in [2.75, 3.05) is 18.1 Å². The summed E-state index contributed by atoms with van der Waals surface area (Å²) < 4.78 is 0. The maximum absolute atomic E-state index is 11.8. The molecule has 19 heavy (non-hydrogen) atoms. The molecule has 0 bridgehead atoms. The van der Waals surface area contributed by atoms with Gasteiger partial charge >= 0.3 is 6.03 Å². The molecule has 0 aromatic carbocycles. The molecule has 1 aliphatic heterocycles. The number of urea groups is 1. The fourth-order valence-corrected chi connectivity index (χ4v) is 3.95. The highest BCUT2D eigenvalue weighted by atomic mass is 32.2. The van der Waals surface area contributed by atoms with E-state index in [-0.39, 0.29) is 11.9 Å². The van der Waals surface area contributed by atoms with Gasteiger partial charge in [-0.2, -0.15) is 11.8 Å². The molecule has 4 nitrogen and oxygen atoms in total. The molecular formula is C13H21N3OS2. The third kappa shape index (κ3) is 4.69. The number of hydrogen-bond donors (Lipinski definition) is 2. The van der Waals surface area contributed by atoms with Crippen LogP contribution in [-0.4, -0.2) is 35.1 Å². The van der Waals surface area contributed by atoms with E-state index in [4.69, 9.17) is 0 Å². The number of rotatable bonds is 4. The van der Waals surface area contributed by atoms with Crippen molar-refractivity contribution in [3.8, 4) is 0 Å². The summed E-state index contributed by atoms with van der Waals surface area (Å²) in [4.78, 5) is 16.3. The van der Waals surface area contributed by atoms with Gasteiger partial charge in [-0.05, 0) is 25.5 Å². The number of hydrogen-bond acceptors (Lipinski definition) is 4. The summed E-state index contributed by atoms with van der Waals surface area (Å²) in [6.07, 6.45) is 2.30. The van der Waals surface area contributed by atoms with Crippen LogP contribution in [0, 0.1) is 6.92 Å². The van der Waals surface area contributed by atoms with Crippen LogP contribution in [0.2, 0.25) is 0 Å². The number of carbonyl (C=O) groups excluding carboxylic acids is 1. The lowest BCUT2D eigenvalue weighted by Gasteiger charge is -2.23. The van der Waals surface area contributed by atoms with Crippen LogP contribution in [0.5, 0.6) is 0 Å². The smallest absolute Gasteiger partial charge is 0.315 e. The van der Waals surface area contributed by atoms with Crippen LogP contribution in [0.1, 0.15) is 36.4 Å². The van der Waals surface area contributed by atoms with Crippen molar-refractivity contribution in [2.24, 2.45) is 0 Å². The van der Waals surface area contributed by atoms with Gasteiger partial charge in [-0.25, -0.2) is 9.78 Å². The second kappa shape index (κ2) is 7.14. The largest absolute Gasteiger partial charge is 0.337 e. The molecule has 0 radical (unpaired) electrons. The predicted octanol–water partition coefficient (Wildman–Crippen LogP) is 2.75. The zero-order chi connectivity index (χ0) is 13.7. The van der Waals surface area contributed by atoms with Crippen molar-refractivity contribution in [3.63, 3.8) is 0 Å². The molecule has 1 fully saturated rings. The highest BCUT2D eigenvalue weighted by Crippen LogP contribution is 2.19. The van der Waals surface area contributed by atoms with Crippen LogP contribution < -0.4 is 10.6 Å². The quantitative estimate of drug-likeness (QED) is 0.899. The van der Waals surface area contributed by atoms with Gasteiger partial charge in [-0.15, -0.1) is 11.3 Å². The Bertz CT molecular complexity index is 416. The van der Waals surface area contributed by atoms with E-state index in [1.807, 2.05) is 24.1 Å². The van der Waals surface area contributed by atoms with E-state index in [1.54, 1.807) is 11.3 Å². The van der Waals surface area contributed by atoms with Crippen LogP contribution in [-0.2, 0) is 0 Å². The van der Waals surface area contributed by atoms with E-state index in [1.165, 1.54) is 12.2 Å². The third-order valence-corrected chi connectivity index (χ3v) is 5.53. The Labute approximate surface area is 122 Å². The number of nitrogens with zero attached hydrogens (tertiary/aromatic N) is 1. The average Bonchev–Trinajstić information content (AvgIpc) is 2.84. The topological polar surface area (TPSA) is 54.0 Å². The first-order valence-electron chi connectivity index (χ1n) is 6.69. The predicted molar refractivity (Wildman–Crippen MR) is 82.1 cm³/mol. The second-order valence-electron chi connectivity index (χ2n) is 5.00. The van der Waals surface area contributed by atoms with E-state index in [0.29, 0.717) is 12.6 Å². The summed E-state index contributed by atoms with van der Waals surface area (Å²) >= 11 is 3.58. The number of aryl methyl sites for hydroxylation is 1. The van der Waals surface area contributed by atoms with Crippen LogP contribution in [0.25, 0.3) is 0 Å². The maximum Gasteiger partial charge on any atom is 0.315 e. The van der Waals surface area contributed by atoms with E-state index in [0.717, 1.165) is 22.9 Å². The molecule has 1 aromatic rings. The lowest BCUT2D eigenvalue weighted by atomic mass is 10.2. The van der Waals surface area contributed by atoms with Gasteiger partial charge in [0, 0.05) is 35.3 Å². The molecule has 2 unspecified atom stereocenters. The summed E-state index contributed by atoms with van der Waals surface area (Å²) in [5.74, 6) is 2.53. The minimum atomic E-state index is -0.0485. The number of carbonyl (C=O) groups is 1. The number of amides is 2. The van der Waals surface area contributed by atoms with E-state index < -0.39 is 0 Å². The highest BCUT2D eigenvalue weighted by Gasteiger charge is 2.16. The highest BCUT2D eigenvalue weighted by molar-refractivity contribution is 7.99. The van der Waals surface area contributed by atoms with Crippen molar-refractivity contribution >= 4 is 29.1 Å². The van der Waals surface area contributed by atoms with Gasteiger partial charge in [0.2, 0.25) is 0 Å². The first-order chi connectivity index (χ1) is 9.15. The van der Waals surface area contributed by atoms with Gasteiger partial charge in [0.1, 0.15) is 0 Å². The Morgan fingerprint density at radius 3 is 3.11 bits per heavy atom. The van der Waals surface area contributed by atoms with Crippen molar-refractivity contribution < 1.29 is 4.79 Å². The van der Waals surface area contributed by atoms with E-state index in [9.17, 15) is 4.79 Å². The number of thioether (sulfide) groups is 1. The molecule has 0 saturated carbocycles. The summed E-state index contributed by atoms with van der Waals surface area (Å²) in [6, 6.07) is 0.281. The molecule has 106 valence electrons. The number of aromatic nitrogens is 1. The molecule has 0 spiro atoms. The summed E-state index contributed by atoms with van der Waals surface area (Å²) in [6.45, 7) is 4.72. The van der Waals surface area contributed by atoms with E-state index in [2.05, 4.69) is 22.5 Å². The van der Waals surface area contributed by atoms with Crippen LogP contribution in [0.4, 0.5) is 4.79 Å². The third-order valence-electron chi connectivity index (χ3n) is 3.12. The molecule has 2 N–H and O–H groups in total. The molecule has 2 rings (SSSR count). The Kier molecular flexibility index (Phi) is 5.51. The fourth-order valence-electron chi connectivity index (χ4n) is 2.02. The second-order valence-corrected chi connectivity index (χ2v) is 7.04. The fraction of sp³-hybridized carbons (Fsp3) is 0.692.